The fourth-order valence-corrected chi connectivity index (χ4v) is 3.26. The van der Waals surface area contributed by atoms with Crippen molar-refractivity contribution in [2.45, 2.75) is 26.3 Å². The molecular formula is C21H22FN3O3. The molecule has 146 valence electrons. The van der Waals surface area contributed by atoms with Gasteiger partial charge in [-0.2, -0.15) is 0 Å². The number of fused-ring (bicyclic) bond motifs is 1. The Bertz CT molecular complexity index is 944. The normalized spacial score (nSPS) is 16.1. The number of rotatable bonds is 3. The molecule has 0 fully saturated rings. The molecule has 1 atom stereocenters. The van der Waals surface area contributed by atoms with Gasteiger partial charge in [-0.3, -0.25) is 14.4 Å². The van der Waals surface area contributed by atoms with Crippen LogP contribution in [0.25, 0.3) is 0 Å². The number of carbonyl (C=O) groups is 3. The van der Waals surface area contributed by atoms with Crippen LogP contribution in [0.1, 0.15) is 29.3 Å². The number of aryl methyl sites for hydroxylation is 1. The average Bonchev–Trinajstić information content (AvgIpc) is 2.77. The first kappa shape index (κ1) is 19.5. The van der Waals surface area contributed by atoms with Crippen LogP contribution in [-0.4, -0.2) is 42.3 Å². The van der Waals surface area contributed by atoms with Crippen LogP contribution >= 0.6 is 0 Å². The summed E-state index contributed by atoms with van der Waals surface area (Å²) in [6.45, 7) is 3.21. The monoisotopic (exact) mass is 383 g/mol. The number of nitrogens with zero attached hydrogens (tertiary/aromatic N) is 2. The number of anilines is 2. The molecule has 2 aromatic rings. The van der Waals surface area contributed by atoms with Crippen molar-refractivity contribution in [3.05, 3.63) is 59.4 Å². The van der Waals surface area contributed by atoms with Crippen molar-refractivity contribution >= 4 is 29.1 Å². The molecule has 1 aliphatic heterocycles. The second-order valence-corrected chi connectivity index (χ2v) is 7.01. The molecule has 0 aromatic heterocycles. The zero-order valence-corrected chi connectivity index (χ0v) is 16.0. The second kappa shape index (κ2) is 7.80. The van der Waals surface area contributed by atoms with Gasteiger partial charge in [0.25, 0.3) is 5.91 Å². The lowest BCUT2D eigenvalue weighted by Gasteiger charge is -2.29. The third-order valence-electron chi connectivity index (χ3n) is 4.77. The summed E-state index contributed by atoms with van der Waals surface area (Å²) in [5.74, 6) is -1.41. The van der Waals surface area contributed by atoms with Gasteiger partial charge in [-0.05, 0) is 43.7 Å². The van der Waals surface area contributed by atoms with E-state index in [1.807, 2.05) is 0 Å². The van der Waals surface area contributed by atoms with Gasteiger partial charge in [0, 0.05) is 25.1 Å². The molecule has 0 aliphatic carbocycles. The number of halogens is 1. The largest absolute Gasteiger partial charge is 0.332 e. The molecule has 3 rings (SSSR count). The molecule has 3 amide bonds. The van der Waals surface area contributed by atoms with Gasteiger partial charge >= 0.3 is 0 Å². The topological polar surface area (TPSA) is 69.7 Å². The van der Waals surface area contributed by atoms with E-state index in [1.54, 1.807) is 38.1 Å². The van der Waals surface area contributed by atoms with Crippen molar-refractivity contribution in [3.63, 3.8) is 0 Å². The minimum absolute atomic E-state index is 0.154. The number of hydrogen-bond acceptors (Lipinski definition) is 3. The smallest absolute Gasteiger partial charge is 0.254 e. The zero-order chi connectivity index (χ0) is 20.4. The van der Waals surface area contributed by atoms with Crippen LogP contribution in [0.15, 0.2) is 42.5 Å². The predicted octanol–water partition coefficient (Wildman–Crippen LogP) is 2.97. The van der Waals surface area contributed by atoms with Gasteiger partial charge in [-0.25, -0.2) is 4.39 Å². The van der Waals surface area contributed by atoms with Crippen molar-refractivity contribution in [2.75, 3.05) is 23.8 Å². The summed E-state index contributed by atoms with van der Waals surface area (Å²) >= 11 is 0. The molecule has 2 aromatic carbocycles. The number of para-hydroxylation sites is 2. The maximum atomic E-state index is 13.8. The SMILES string of the molecule is Cc1ccc(C(=O)N(C)CC(=O)N2c3ccccc3NC(=O)CC2C)cc1F. The number of benzene rings is 2. The first-order chi connectivity index (χ1) is 13.3. The number of likely N-dealkylation sites (N-methyl/N-ethyl adjacent to an activating group) is 1. The Kier molecular flexibility index (Phi) is 5.44. The van der Waals surface area contributed by atoms with E-state index in [9.17, 15) is 18.8 Å². The van der Waals surface area contributed by atoms with Gasteiger partial charge < -0.3 is 15.1 Å². The quantitative estimate of drug-likeness (QED) is 0.886. The molecule has 0 spiro atoms. The molecule has 28 heavy (non-hydrogen) atoms. The van der Waals surface area contributed by atoms with Crippen LogP contribution in [0, 0.1) is 12.7 Å². The highest BCUT2D eigenvalue weighted by Gasteiger charge is 2.30. The maximum absolute atomic E-state index is 13.8. The fraction of sp³-hybridized carbons (Fsp3) is 0.286. The minimum atomic E-state index is -0.467. The third kappa shape index (κ3) is 3.88. The Morgan fingerprint density at radius 3 is 2.68 bits per heavy atom. The number of hydrogen-bond donors (Lipinski definition) is 1. The van der Waals surface area contributed by atoms with Gasteiger partial charge in [-0.1, -0.05) is 18.2 Å². The fourth-order valence-electron chi connectivity index (χ4n) is 3.26. The van der Waals surface area contributed by atoms with Crippen molar-refractivity contribution in [3.8, 4) is 0 Å². The van der Waals surface area contributed by atoms with Crippen LogP contribution in [0.4, 0.5) is 15.8 Å². The van der Waals surface area contributed by atoms with Gasteiger partial charge in [0.15, 0.2) is 0 Å². The molecule has 0 bridgehead atoms. The Morgan fingerprint density at radius 2 is 1.96 bits per heavy atom. The Morgan fingerprint density at radius 1 is 1.25 bits per heavy atom. The Labute approximate surface area is 162 Å². The molecular weight excluding hydrogens is 361 g/mol. The van der Waals surface area contributed by atoms with E-state index in [2.05, 4.69) is 5.32 Å². The summed E-state index contributed by atoms with van der Waals surface area (Å²) in [5.41, 5.74) is 1.77. The van der Waals surface area contributed by atoms with Crippen LogP contribution in [-0.2, 0) is 9.59 Å². The maximum Gasteiger partial charge on any atom is 0.254 e. The number of amides is 3. The lowest BCUT2D eigenvalue weighted by Crippen LogP contribution is -2.45. The second-order valence-electron chi connectivity index (χ2n) is 7.01. The van der Waals surface area contributed by atoms with E-state index < -0.39 is 11.7 Å². The highest BCUT2D eigenvalue weighted by atomic mass is 19.1. The van der Waals surface area contributed by atoms with E-state index in [4.69, 9.17) is 0 Å². The van der Waals surface area contributed by atoms with Crippen molar-refractivity contribution in [2.24, 2.45) is 0 Å². The Balaban J connectivity index is 1.82. The summed E-state index contributed by atoms with van der Waals surface area (Å²) in [4.78, 5) is 40.4. The highest BCUT2D eigenvalue weighted by molar-refractivity contribution is 6.06. The van der Waals surface area contributed by atoms with Crippen molar-refractivity contribution in [1.82, 2.24) is 4.90 Å². The first-order valence-electron chi connectivity index (χ1n) is 9.00. The molecule has 1 unspecified atom stereocenters. The minimum Gasteiger partial charge on any atom is -0.332 e. The van der Waals surface area contributed by atoms with E-state index >= 15 is 0 Å². The van der Waals surface area contributed by atoms with Crippen LogP contribution in [0.2, 0.25) is 0 Å². The molecule has 0 saturated carbocycles. The van der Waals surface area contributed by atoms with Crippen LogP contribution < -0.4 is 10.2 Å². The summed E-state index contributed by atoms with van der Waals surface area (Å²) < 4.78 is 13.8. The van der Waals surface area contributed by atoms with Crippen molar-refractivity contribution < 1.29 is 18.8 Å². The van der Waals surface area contributed by atoms with Crippen molar-refractivity contribution in [1.29, 1.82) is 0 Å². The highest BCUT2D eigenvalue weighted by Crippen LogP contribution is 2.31. The third-order valence-corrected chi connectivity index (χ3v) is 4.77. The molecule has 7 heteroatoms. The summed E-state index contributed by atoms with van der Waals surface area (Å²) in [5, 5.41) is 2.80. The lowest BCUT2D eigenvalue weighted by molar-refractivity contribution is -0.119. The molecule has 0 saturated heterocycles. The number of nitrogens with one attached hydrogen (secondary N) is 1. The molecule has 1 N–H and O–H groups in total. The molecule has 0 radical (unpaired) electrons. The van der Waals surface area contributed by atoms with Gasteiger partial charge in [0.2, 0.25) is 11.8 Å². The standard InChI is InChI=1S/C21H22FN3O3/c1-13-8-9-15(11-16(13)22)21(28)24(3)12-20(27)25-14(2)10-19(26)23-17-6-4-5-7-18(17)25/h4-9,11,14H,10,12H2,1-3H3,(H,23,26). The van der Waals surface area contributed by atoms with E-state index in [0.717, 1.165) is 0 Å². The van der Waals surface area contributed by atoms with Gasteiger partial charge in [-0.15, -0.1) is 0 Å². The lowest BCUT2D eigenvalue weighted by atomic mass is 10.1. The van der Waals surface area contributed by atoms with E-state index in [1.165, 1.54) is 35.0 Å². The summed E-state index contributed by atoms with van der Waals surface area (Å²) in [6, 6.07) is 10.9. The van der Waals surface area contributed by atoms with E-state index in [0.29, 0.717) is 16.9 Å². The zero-order valence-electron chi connectivity index (χ0n) is 16.0. The summed E-state index contributed by atoms with van der Waals surface area (Å²) in [7, 11) is 1.50. The number of carbonyl (C=O) groups excluding carboxylic acids is 3. The Hall–Kier alpha value is -3.22. The summed E-state index contributed by atoms with van der Waals surface area (Å²) in [6.07, 6.45) is 0.154. The van der Waals surface area contributed by atoms with Gasteiger partial charge in [0.05, 0.1) is 11.4 Å². The predicted molar refractivity (Wildman–Crippen MR) is 105 cm³/mol. The first-order valence-corrected chi connectivity index (χ1v) is 9.00. The van der Waals surface area contributed by atoms with E-state index in [-0.39, 0.29) is 36.4 Å². The molecule has 1 aliphatic rings. The average molecular weight is 383 g/mol. The molecule has 6 nitrogen and oxygen atoms in total. The van der Waals surface area contributed by atoms with Crippen LogP contribution in [0.5, 0.6) is 0 Å². The van der Waals surface area contributed by atoms with Crippen LogP contribution in [0.3, 0.4) is 0 Å². The molecule has 1 heterocycles. The van der Waals surface area contributed by atoms with Gasteiger partial charge in [0.1, 0.15) is 12.4 Å².